The molecule has 0 spiro atoms. The molecule has 2 aliphatic rings. The smallest absolute Gasteiger partial charge is 0.221 e. The van der Waals surface area contributed by atoms with E-state index in [0.717, 1.165) is 28.5 Å². The van der Waals surface area contributed by atoms with E-state index in [0.29, 0.717) is 36.7 Å². The molecule has 11 heteroatoms. The van der Waals surface area contributed by atoms with Crippen LogP contribution >= 0.6 is 0 Å². The molecule has 1 unspecified atom stereocenters. The summed E-state index contributed by atoms with van der Waals surface area (Å²) in [5.74, 6) is 1.35. The van der Waals surface area contributed by atoms with Crippen LogP contribution < -0.4 is 24.8 Å². The Hall–Kier alpha value is -3.31. The molecular formula is C26H33N3O7S. The van der Waals surface area contributed by atoms with Crippen LogP contribution in [-0.4, -0.2) is 71.3 Å². The number of carbonyl (C=O) groups is 2. The molecule has 2 amide bonds. The minimum Gasteiger partial charge on any atom is -0.493 e. The second-order valence-corrected chi connectivity index (χ2v) is 11.1. The van der Waals surface area contributed by atoms with Gasteiger partial charge >= 0.3 is 0 Å². The fourth-order valence-corrected chi connectivity index (χ4v) is 5.54. The standard InChI is InChI=1S/C26H33N3O7S/c1-34-23-15-17-4-7-24(30)27-10-12-29(37(3,32)33)11-8-25(31)28-21-9-13-36-22-6-5-18(16-20(21)22)19(14-17)26(23)35-2/h5-6,14-16,21H,4,7-13H2,1-3H3,(H,27,30)(H,28,31). The number of ether oxygens (including phenoxy) is 3. The van der Waals surface area contributed by atoms with E-state index < -0.39 is 10.0 Å². The topological polar surface area (TPSA) is 123 Å². The van der Waals surface area contributed by atoms with Gasteiger partial charge in [-0.15, -0.1) is 0 Å². The highest BCUT2D eigenvalue weighted by Crippen LogP contribution is 2.42. The molecule has 0 radical (unpaired) electrons. The summed E-state index contributed by atoms with van der Waals surface area (Å²) in [7, 11) is -0.401. The third-order valence-corrected chi connectivity index (χ3v) is 7.92. The highest BCUT2D eigenvalue weighted by molar-refractivity contribution is 7.88. The van der Waals surface area contributed by atoms with Crippen LogP contribution in [0.15, 0.2) is 30.3 Å². The van der Waals surface area contributed by atoms with Crippen LogP contribution in [0.3, 0.4) is 0 Å². The van der Waals surface area contributed by atoms with Gasteiger partial charge in [-0.05, 0) is 41.8 Å². The lowest BCUT2D eigenvalue weighted by Gasteiger charge is -2.28. The van der Waals surface area contributed by atoms with Gasteiger partial charge in [0.05, 0.1) is 33.1 Å². The van der Waals surface area contributed by atoms with Crippen molar-refractivity contribution < 1.29 is 32.2 Å². The molecule has 37 heavy (non-hydrogen) atoms. The zero-order chi connectivity index (χ0) is 26.6. The first kappa shape index (κ1) is 26.7. The molecule has 0 saturated heterocycles. The van der Waals surface area contributed by atoms with E-state index in [-0.39, 0.29) is 50.3 Å². The highest BCUT2D eigenvalue weighted by atomic mass is 32.2. The Morgan fingerprint density at radius 3 is 2.54 bits per heavy atom. The predicted molar refractivity (Wildman–Crippen MR) is 138 cm³/mol. The van der Waals surface area contributed by atoms with E-state index in [1.165, 1.54) is 4.31 Å². The lowest BCUT2D eigenvalue weighted by molar-refractivity contribution is -0.122. The number of aryl methyl sites for hydroxylation is 1. The highest BCUT2D eigenvalue weighted by Gasteiger charge is 2.26. The molecule has 2 aromatic carbocycles. The van der Waals surface area contributed by atoms with Crippen molar-refractivity contribution in [3.05, 3.63) is 41.5 Å². The molecule has 0 fully saturated rings. The molecular weight excluding hydrogens is 498 g/mol. The summed E-state index contributed by atoms with van der Waals surface area (Å²) in [5.41, 5.74) is 3.39. The van der Waals surface area contributed by atoms with Crippen LogP contribution in [0.1, 0.15) is 36.4 Å². The quantitative estimate of drug-likeness (QED) is 0.621. The molecule has 4 bridgehead atoms. The van der Waals surface area contributed by atoms with Crippen LogP contribution in [0.5, 0.6) is 17.2 Å². The second-order valence-electron chi connectivity index (χ2n) is 9.15. The molecule has 2 aromatic rings. The number of methoxy groups -OCH3 is 2. The van der Waals surface area contributed by atoms with Gasteiger partial charge in [-0.1, -0.05) is 6.07 Å². The van der Waals surface area contributed by atoms with Crippen molar-refractivity contribution in [3.8, 4) is 28.4 Å². The molecule has 0 aromatic heterocycles. The van der Waals surface area contributed by atoms with E-state index in [1.54, 1.807) is 14.2 Å². The van der Waals surface area contributed by atoms with Crippen LogP contribution in [0.4, 0.5) is 0 Å². The molecule has 4 rings (SSSR count). The van der Waals surface area contributed by atoms with E-state index in [1.807, 2.05) is 30.3 Å². The van der Waals surface area contributed by atoms with E-state index in [4.69, 9.17) is 14.2 Å². The number of rotatable bonds is 3. The Morgan fingerprint density at radius 2 is 1.81 bits per heavy atom. The molecule has 2 aliphatic heterocycles. The molecule has 2 heterocycles. The Balaban J connectivity index is 1.75. The average Bonchev–Trinajstić information content (AvgIpc) is 2.87. The summed E-state index contributed by atoms with van der Waals surface area (Å²) < 4.78 is 42.8. The molecule has 1 atom stereocenters. The van der Waals surface area contributed by atoms with Crippen LogP contribution in [0.2, 0.25) is 0 Å². The number of fused-ring (bicyclic) bond motifs is 4. The second kappa shape index (κ2) is 11.4. The van der Waals surface area contributed by atoms with Gasteiger partial charge in [0.1, 0.15) is 5.75 Å². The fourth-order valence-electron chi connectivity index (χ4n) is 4.69. The lowest BCUT2D eigenvalue weighted by atomic mass is 9.93. The van der Waals surface area contributed by atoms with Gasteiger partial charge in [-0.2, -0.15) is 4.31 Å². The van der Waals surface area contributed by atoms with Crippen molar-refractivity contribution in [2.75, 3.05) is 46.7 Å². The van der Waals surface area contributed by atoms with Gasteiger partial charge in [-0.3, -0.25) is 9.59 Å². The van der Waals surface area contributed by atoms with Crippen molar-refractivity contribution in [3.63, 3.8) is 0 Å². The Morgan fingerprint density at radius 1 is 1.00 bits per heavy atom. The number of amides is 2. The van der Waals surface area contributed by atoms with Gasteiger partial charge in [0.2, 0.25) is 21.8 Å². The summed E-state index contributed by atoms with van der Waals surface area (Å²) in [6, 6.07) is 9.32. The first-order chi connectivity index (χ1) is 17.7. The third kappa shape index (κ3) is 6.34. The number of nitrogens with zero attached hydrogens (tertiary/aromatic N) is 1. The number of benzene rings is 2. The van der Waals surface area contributed by atoms with Gasteiger partial charge in [0.15, 0.2) is 11.5 Å². The number of hydrogen-bond acceptors (Lipinski definition) is 7. The SMILES string of the molecule is COc1cc2cc(c1OC)-c1ccc3c(c1)C(CCO3)NC(=O)CCN(S(C)(=O)=O)CCNC(=O)CC2. The zero-order valence-electron chi connectivity index (χ0n) is 21.3. The van der Waals surface area contributed by atoms with Crippen molar-refractivity contribution in [1.82, 2.24) is 14.9 Å². The van der Waals surface area contributed by atoms with Crippen LogP contribution in [0, 0.1) is 0 Å². The van der Waals surface area contributed by atoms with Gasteiger partial charge < -0.3 is 24.8 Å². The maximum Gasteiger partial charge on any atom is 0.221 e. The molecule has 0 saturated carbocycles. The van der Waals surface area contributed by atoms with E-state index in [2.05, 4.69) is 10.6 Å². The summed E-state index contributed by atoms with van der Waals surface area (Å²) in [6.45, 7) is 0.720. The van der Waals surface area contributed by atoms with Gasteiger partial charge in [0.25, 0.3) is 0 Å². The zero-order valence-corrected chi connectivity index (χ0v) is 22.2. The molecule has 0 aliphatic carbocycles. The van der Waals surface area contributed by atoms with Crippen LogP contribution in [-0.2, 0) is 26.0 Å². The normalized spacial score (nSPS) is 19.5. The average molecular weight is 532 g/mol. The minimum atomic E-state index is -3.55. The summed E-state index contributed by atoms with van der Waals surface area (Å²) in [6.07, 6.45) is 2.37. The molecule has 200 valence electrons. The van der Waals surface area contributed by atoms with Gasteiger partial charge in [-0.25, -0.2) is 8.42 Å². The van der Waals surface area contributed by atoms with Crippen molar-refractivity contribution >= 4 is 21.8 Å². The summed E-state index contributed by atoms with van der Waals surface area (Å²) >= 11 is 0. The monoisotopic (exact) mass is 531 g/mol. The summed E-state index contributed by atoms with van der Waals surface area (Å²) in [5, 5.41) is 5.82. The lowest BCUT2D eigenvalue weighted by Crippen LogP contribution is -2.40. The fraction of sp³-hybridized carbons (Fsp3) is 0.462. The Bertz CT molecular complexity index is 1280. The number of sulfonamides is 1. The largest absolute Gasteiger partial charge is 0.493 e. The first-order valence-electron chi connectivity index (χ1n) is 12.2. The number of carbonyl (C=O) groups excluding carboxylic acids is 2. The number of hydrogen-bond donors (Lipinski definition) is 2. The van der Waals surface area contributed by atoms with Crippen molar-refractivity contribution in [2.24, 2.45) is 0 Å². The number of nitrogens with one attached hydrogen (secondary N) is 2. The maximum atomic E-state index is 12.8. The van der Waals surface area contributed by atoms with Crippen LogP contribution in [0.25, 0.3) is 11.1 Å². The van der Waals surface area contributed by atoms with E-state index >= 15 is 0 Å². The minimum absolute atomic E-state index is 0.000461. The predicted octanol–water partition coefficient (Wildman–Crippen LogP) is 2.02. The maximum absolute atomic E-state index is 12.8. The molecule has 10 nitrogen and oxygen atoms in total. The third-order valence-electron chi connectivity index (χ3n) is 6.62. The van der Waals surface area contributed by atoms with Crippen molar-refractivity contribution in [1.29, 1.82) is 0 Å². The Labute approximate surface area is 217 Å². The Kier molecular flexibility index (Phi) is 8.23. The first-order valence-corrected chi connectivity index (χ1v) is 14.1. The summed E-state index contributed by atoms with van der Waals surface area (Å²) in [4.78, 5) is 25.3. The molecule has 2 N–H and O–H groups in total. The van der Waals surface area contributed by atoms with Gasteiger partial charge in [0, 0.05) is 50.0 Å². The van der Waals surface area contributed by atoms with E-state index in [9.17, 15) is 18.0 Å². The van der Waals surface area contributed by atoms with Crippen molar-refractivity contribution in [2.45, 2.75) is 31.7 Å².